The maximum atomic E-state index is 12.2. The van der Waals surface area contributed by atoms with Crippen LogP contribution in [0, 0.1) is 19.8 Å². The van der Waals surface area contributed by atoms with Crippen LogP contribution in [0.15, 0.2) is 23.1 Å². The van der Waals surface area contributed by atoms with Crippen molar-refractivity contribution in [2.24, 2.45) is 5.92 Å². The fraction of sp³-hybridized carbons (Fsp3) is 0.500. The van der Waals surface area contributed by atoms with Crippen LogP contribution in [0.5, 0.6) is 0 Å². The van der Waals surface area contributed by atoms with Crippen LogP contribution in [0.4, 0.5) is 0 Å². The number of carbonyl (C=O) groups is 1. The van der Waals surface area contributed by atoms with Gasteiger partial charge in [0, 0.05) is 13.0 Å². The lowest BCUT2D eigenvalue weighted by molar-refractivity contribution is -0.137. The summed E-state index contributed by atoms with van der Waals surface area (Å²) in [6.45, 7) is 5.73. The third-order valence-electron chi connectivity index (χ3n) is 3.09. The van der Waals surface area contributed by atoms with Gasteiger partial charge in [-0.2, -0.15) is 0 Å². The molecule has 0 heterocycles. The van der Waals surface area contributed by atoms with E-state index in [1.807, 2.05) is 19.9 Å². The second-order valence-electron chi connectivity index (χ2n) is 5.16. The molecule has 112 valence electrons. The van der Waals surface area contributed by atoms with Crippen LogP contribution in [0.1, 0.15) is 30.9 Å². The first-order chi connectivity index (χ1) is 9.22. The zero-order chi connectivity index (χ0) is 15.3. The monoisotopic (exact) mass is 299 g/mol. The summed E-state index contributed by atoms with van der Waals surface area (Å²) < 4.78 is 26.9. The first kappa shape index (κ1) is 16.7. The molecule has 20 heavy (non-hydrogen) atoms. The molecule has 1 rings (SSSR count). The van der Waals surface area contributed by atoms with Gasteiger partial charge in [0.05, 0.1) is 4.90 Å². The number of carboxylic acid groups (broad SMARTS) is 1. The molecule has 0 saturated heterocycles. The Hall–Kier alpha value is -1.40. The van der Waals surface area contributed by atoms with Gasteiger partial charge in [0.15, 0.2) is 0 Å². The second-order valence-corrected chi connectivity index (χ2v) is 6.89. The van der Waals surface area contributed by atoms with Crippen LogP contribution in [-0.2, 0) is 14.8 Å². The first-order valence-corrected chi connectivity index (χ1v) is 7.99. The highest BCUT2D eigenvalue weighted by Gasteiger charge is 2.17. The topological polar surface area (TPSA) is 83.5 Å². The van der Waals surface area contributed by atoms with Gasteiger partial charge in [-0.25, -0.2) is 13.1 Å². The lowest BCUT2D eigenvalue weighted by Gasteiger charge is -2.13. The Morgan fingerprint density at radius 1 is 1.35 bits per heavy atom. The number of rotatable bonds is 7. The molecular weight excluding hydrogens is 278 g/mol. The van der Waals surface area contributed by atoms with Gasteiger partial charge in [-0.3, -0.25) is 4.79 Å². The quantitative estimate of drug-likeness (QED) is 0.807. The Bertz CT molecular complexity index is 581. The fourth-order valence-corrected chi connectivity index (χ4v) is 3.29. The fourth-order valence-electron chi connectivity index (χ4n) is 1.90. The number of nitrogens with one attached hydrogen (secondary N) is 1. The van der Waals surface area contributed by atoms with Gasteiger partial charge in [-0.15, -0.1) is 0 Å². The summed E-state index contributed by atoms with van der Waals surface area (Å²) in [4.78, 5) is 10.7. The molecule has 1 aromatic carbocycles. The van der Waals surface area contributed by atoms with Crippen molar-refractivity contribution in [2.75, 3.05) is 6.54 Å². The molecule has 0 saturated carbocycles. The van der Waals surface area contributed by atoms with Crippen LogP contribution < -0.4 is 4.72 Å². The highest BCUT2D eigenvalue weighted by Crippen LogP contribution is 2.16. The van der Waals surface area contributed by atoms with E-state index in [-0.39, 0.29) is 23.8 Å². The molecule has 0 aliphatic carbocycles. The minimum Gasteiger partial charge on any atom is -0.481 e. The van der Waals surface area contributed by atoms with Crippen molar-refractivity contribution < 1.29 is 18.3 Å². The van der Waals surface area contributed by atoms with E-state index < -0.39 is 16.0 Å². The van der Waals surface area contributed by atoms with Crippen LogP contribution in [0.25, 0.3) is 0 Å². The molecule has 2 N–H and O–H groups in total. The Balaban J connectivity index is 2.68. The van der Waals surface area contributed by atoms with E-state index in [0.29, 0.717) is 12.0 Å². The highest BCUT2D eigenvalue weighted by atomic mass is 32.2. The summed E-state index contributed by atoms with van der Waals surface area (Å²) in [5.41, 5.74) is 1.71. The summed E-state index contributed by atoms with van der Waals surface area (Å²) in [5, 5.41) is 8.59. The summed E-state index contributed by atoms with van der Waals surface area (Å²) in [5.74, 6) is -0.888. The van der Waals surface area contributed by atoms with Gasteiger partial charge in [-0.05, 0) is 37.8 Å². The van der Waals surface area contributed by atoms with Crippen molar-refractivity contribution in [1.29, 1.82) is 0 Å². The lowest BCUT2D eigenvalue weighted by atomic mass is 10.1. The standard InChI is InChI=1S/C14H21NO4S/c1-10-4-6-13(12(3)8-10)20(18,19)15-9-11(2)5-7-14(16)17/h4,6,8,11,15H,5,7,9H2,1-3H3,(H,16,17). The van der Waals surface area contributed by atoms with E-state index in [9.17, 15) is 13.2 Å². The summed E-state index contributed by atoms with van der Waals surface area (Å²) in [6.07, 6.45) is 0.497. The van der Waals surface area contributed by atoms with E-state index >= 15 is 0 Å². The Morgan fingerprint density at radius 3 is 2.55 bits per heavy atom. The van der Waals surface area contributed by atoms with Gasteiger partial charge in [-0.1, -0.05) is 24.6 Å². The Labute approximate surface area is 120 Å². The van der Waals surface area contributed by atoms with Crippen LogP contribution in [-0.4, -0.2) is 26.0 Å². The predicted octanol–water partition coefficient (Wildman–Crippen LogP) is 2.08. The molecule has 0 spiro atoms. The van der Waals surface area contributed by atoms with Crippen molar-refractivity contribution in [3.63, 3.8) is 0 Å². The molecule has 5 nitrogen and oxygen atoms in total. The SMILES string of the molecule is Cc1ccc(S(=O)(=O)NCC(C)CCC(=O)O)c(C)c1. The van der Waals surface area contributed by atoms with Gasteiger partial charge < -0.3 is 5.11 Å². The molecule has 1 unspecified atom stereocenters. The maximum Gasteiger partial charge on any atom is 0.303 e. The molecule has 1 atom stereocenters. The Morgan fingerprint density at radius 2 is 2.00 bits per heavy atom. The van der Waals surface area contributed by atoms with Crippen LogP contribution >= 0.6 is 0 Å². The molecule has 0 aliphatic rings. The largest absolute Gasteiger partial charge is 0.481 e. The molecule has 0 aromatic heterocycles. The predicted molar refractivity (Wildman–Crippen MR) is 77.1 cm³/mol. The van der Waals surface area contributed by atoms with Gasteiger partial charge in [0.2, 0.25) is 10.0 Å². The lowest BCUT2D eigenvalue weighted by Crippen LogP contribution is -2.29. The number of hydrogen-bond donors (Lipinski definition) is 2. The smallest absolute Gasteiger partial charge is 0.303 e. The van der Waals surface area contributed by atoms with Gasteiger partial charge in [0.1, 0.15) is 0 Å². The highest BCUT2D eigenvalue weighted by molar-refractivity contribution is 7.89. The van der Waals surface area contributed by atoms with E-state index in [2.05, 4.69) is 4.72 Å². The third-order valence-corrected chi connectivity index (χ3v) is 4.68. The maximum absolute atomic E-state index is 12.2. The average molecular weight is 299 g/mol. The van der Waals surface area contributed by atoms with Crippen LogP contribution in [0.3, 0.4) is 0 Å². The minimum atomic E-state index is -3.54. The molecule has 0 bridgehead atoms. The van der Waals surface area contributed by atoms with Crippen LogP contribution in [0.2, 0.25) is 0 Å². The number of benzene rings is 1. The number of carboxylic acids is 1. The van der Waals surface area contributed by atoms with Crippen molar-refractivity contribution in [2.45, 2.75) is 38.5 Å². The molecule has 0 aliphatic heterocycles. The average Bonchev–Trinajstić information content (AvgIpc) is 2.33. The number of aryl methyl sites for hydroxylation is 2. The number of sulfonamides is 1. The molecule has 6 heteroatoms. The molecule has 0 radical (unpaired) electrons. The summed E-state index contributed by atoms with van der Waals surface area (Å²) in [6, 6.07) is 5.17. The number of hydrogen-bond acceptors (Lipinski definition) is 3. The van der Waals surface area contributed by atoms with Gasteiger partial charge >= 0.3 is 5.97 Å². The van der Waals surface area contributed by atoms with Crippen molar-refractivity contribution in [1.82, 2.24) is 4.72 Å². The third kappa shape index (κ3) is 4.94. The van der Waals surface area contributed by atoms with Crippen molar-refractivity contribution in [3.05, 3.63) is 29.3 Å². The minimum absolute atomic E-state index is 0.0216. The van der Waals surface area contributed by atoms with E-state index in [1.165, 1.54) is 0 Å². The second kappa shape index (κ2) is 6.85. The normalized spacial score (nSPS) is 13.2. The summed E-state index contributed by atoms with van der Waals surface area (Å²) >= 11 is 0. The number of aliphatic carboxylic acids is 1. The van der Waals surface area contributed by atoms with E-state index in [4.69, 9.17) is 5.11 Å². The van der Waals surface area contributed by atoms with Gasteiger partial charge in [0.25, 0.3) is 0 Å². The Kier molecular flexibility index (Phi) is 5.71. The zero-order valence-electron chi connectivity index (χ0n) is 12.0. The summed E-state index contributed by atoms with van der Waals surface area (Å²) in [7, 11) is -3.54. The van der Waals surface area contributed by atoms with Crippen molar-refractivity contribution >= 4 is 16.0 Å². The molecule has 0 fully saturated rings. The first-order valence-electron chi connectivity index (χ1n) is 6.51. The molecular formula is C14H21NO4S. The zero-order valence-corrected chi connectivity index (χ0v) is 12.8. The van der Waals surface area contributed by atoms with E-state index in [1.54, 1.807) is 19.1 Å². The van der Waals surface area contributed by atoms with Crippen molar-refractivity contribution in [3.8, 4) is 0 Å². The molecule has 0 amide bonds. The molecule has 1 aromatic rings. The van der Waals surface area contributed by atoms with E-state index in [0.717, 1.165) is 5.56 Å².